The Kier molecular flexibility index (Phi) is 4.27. The molecule has 1 aromatic carbocycles. The van der Waals surface area contributed by atoms with E-state index in [2.05, 4.69) is 10.6 Å². The lowest BCUT2D eigenvalue weighted by Crippen LogP contribution is -2.51. The molecular weight excluding hydrogens is 276 g/mol. The Morgan fingerprint density at radius 2 is 1.90 bits per heavy atom. The van der Waals surface area contributed by atoms with Gasteiger partial charge in [-0.1, -0.05) is 12.1 Å². The lowest BCUT2D eigenvalue weighted by atomic mass is 9.99. The molecule has 1 amide bonds. The standard InChI is InChI=1S/C13H14F4N2O/c14-10-3-1-8(2-4-10)11(5-13(15,16)17)19-12(20)9-6-18-7-9/h1-4,9,11,18H,5-7H2,(H,19,20). The maximum absolute atomic E-state index is 12.8. The van der Waals surface area contributed by atoms with Crippen LogP contribution in [0.2, 0.25) is 0 Å². The molecule has 1 fully saturated rings. The van der Waals surface area contributed by atoms with Crippen LogP contribution in [0.25, 0.3) is 0 Å². The van der Waals surface area contributed by atoms with Gasteiger partial charge in [-0.3, -0.25) is 4.79 Å². The molecule has 1 aliphatic rings. The number of carbonyl (C=O) groups excluding carboxylic acids is 1. The Bertz CT molecular complexity index is 468. The molecule has 0 aliphatic carbocycles. The molecule has 0 spiro atoms. The number of alkyl halides is 3. The Labute approximate surface area is 113 Å². The van der Waals surface area contributed by atoms with E-state index in [-0.39, 0.29) is 11.5 Å². The Morgan fingerprint density at radius 1 is 1.30 bits per heavy atom. The van der Waals surface area contributed by atoms with E-state index in [4.69, 9.17) is 0 Å². The maximum atomic E-state index is 12.8. The molecular formula is C13H14F4N2O. The van der Waals surface area contributed by atoms with Crippen LogP contribution in [0.3, 0.4) is 0 Å². The second-order valence-electron chi connectivity index (χ2n) is 4.79. The zero-order valence-corrected chi connectivity index (χ0v) is 10.5. The zero-order chi connectivity index (χ0) is 14.8. The monoisotopic (exact) mass is 290 g/mol. The first-order valence-corrected chi connectivity index (χ1v) is 6.18. The molecule has 3 nitrogen and oxygen atoms in total. The van der Waals surface area contributed by atoms with Crippen LogP contribution in [0.1, 0.15) is 18.0 Å². The summed E-state index contributed by atoms with van der Waals surface area (Å²) in [4.78, 5) is 11.8. The summed E-state index contributed by atoms with van der Waals surface area (Å²) in [5, 5.41) is 5.27. The number of hydrogen-bond acceptors (Lipinski definition) is 2. The largest absolute Gasteiger partial charge is 0.391 e. The quantitative estimate of drug-likeness (QED) is 0.834. The lowest BCUT2D eigenvalue weighted by molar-refractivity contribution is -0.144. The van der Waals surface area contributed by atoms with Crippen molar-refractivity contribution in [2.45, 2.75) is 18.6 Å². The van der Waals surface area contributed by atoms with Gasteiger partial charge in [0, 0.05) is 13.1 Å². The Balaban J connectivity index is 2.11. The van der Waals surface area contributed by atoms with Crippen molar-refractivity contribution in [3.05, 3.63) is 35.6 Å². The minimum absolute atomic E-state index is 0.240. The molecule has 0 aromatic heterocycles. The van der Waals surface area contributed by atoms with Gasteiger partial charge in [-0.05, 0) is 17.7 Å². The third-order valence-electron chi connectivity index (χ3n) is 3.18. The van der Waals surface area contributed by atoms with Gasteiger partial charge in [0.15, 0.2) is 0 Å². The van der Waals surface area contributed by atoms with Crippen LogP contribution in [-0.4, -0.2) is 25.2 Å². The summed E-state index contributed by atoms with van der Waals surface area (Å²) in [5.74, 6) is -1.25. The summed E-state index contributed by atoms with van der Waals surface area (Å²) >= 11 is 0. The van der Waals surface area contributed by atoms with Gasteiger partial charge in [0.25, 0.3) is 0 Å². The summed E-state index contributed by atoms with van der Waals surface area (Å²) in [6.07, 6.45) is -5.59. The fourth-order valence-corrected chi connectivity index (χ4v) is 1.94. The van der Waals surface area contributed by atoms with E-state index in [1.165, 1.54) is 12.1 Å². The fraction of sp³-hybridized carbons (Fsp3) is 0.462. The minimum Gasteiger partial charge on any atom is -0.349 e. The molecule has 1 aromatic rings. The van der Waals surface area contributed by atoms with Crippen LogP contribution in [-0.2, 0) is 4.79 Å². The molecule has 1 heterocycles. The van der Waals surface area contributed by atoms with E-state index in [9.17, 15) is 22.4 Å². The van der Waals surface area contributed by atoms with Crippen molar-refractivity contribution in [1.82, 2.24) is 10.6 Å². The second-order valence-corrected chi connectivity index (χ2v) is 4.79. The Morgan fingerprint density at radius 3 is 2.35 bits per heavy atom. The summed E-state index contributed by atoms with van der Waals surface area (Å²) in [7, 11) is 0. The van der Waals surface area contributed by atoms with Crippen LogP contribution < -0.4 is 10.6 Å². The van der Waals surface area contributed by atoms with Gasteiger partial charge >= 0.3 is 6.18 Å². The number of benzene rings is 1. The number of rotatable bonds is 4. The zero-order valence-electron chi connectivity index (χ0n) is 10.5. The molecule has 2 rings (SSSR count). The van der Waals surface area contributed by atoms with Gasteiger partial charge in [-0.15, -0.1) is 0 Å². The number of halogens is 4. The van der Waals surface area contributed by atoms with Crippen molar-refractivity contribution in [3.63, 3.8) is 0 Å². The number of carbonyl (C=O) groups is 1. The first-order chi connectivity index (χ1) is 9.35. The predicted molar refractivity (Wildman–Crippen MR) is 64.3 cm³/mol. The summed E-state index contributed by atoms with van der Waals surface area (Å²) in [5.41, 5.74) is 0.240. The van der Waals surface area contributed by atoms with E-state index in [0.29, 0.717) is 13.1 Å². The average Bonchev–Trinajstić information content (AvgIpc) is 2.24. The third kappa shape index (κ3) is 3.93. The van der Waals surface area contributed by atoms with Crippen LogP contribution >= 0.6 is 0 Å². The normalized spacial score (nSPS) is 17.4. The van der Waals surface area contributed by atoms with E-state index in [1.807, 2.05) is 0 Å². The highest BCUT2D eigenvalue weighted by molar-refractivity contribution is 5.80. The second kappa shape index (κ2) is 5.78. The van der Waals surface area contributed by atoms with Crippen molar-refractivity contribution >= 4 is 5.91 Å². The Hall–Kier alpha value is -1.63. The van der Waals surface area contributed by atoms with E-state index in [1.54, 1.807) is 0 Å². The van der Waals surface area contributed by atoms with Crippen molar-refractivity contribution in [3.8, 4) is 0 Å². The molecule has 0 bridgehead atoms. The first-order valence-electron chi connectivity index (χ1n) is 6.18. The smallest absolute Gasteiger partial charge is 0.349 e. The van der Waals surface area contributed by atoms with Crippen LogP contribution in [0, 0.1) is 11.7 Å². The third-order valence-corrected chi connectivity index (χ3v) is 3.18. The SMILES string of the molecule is O=C(NC(CC(F)(F)F)c1ccc(F)cc1)C1CNC1. The summed E-state index contributed by atoms with van der Waals surface area (Å²) in [6, 6.07) is 3.48. The van der Waals surface area contributed by atoms with Gasteiger partial charge in [0.1, 0.15) is 5.82 Å². The molecule has 1 atom stereocenters. The van der Waals surface area contributed by atoms with Gasteiger partial charge in [0.05, 0.1) is 18.4 Å². The highest BCUT2D eigenvalue weighted by Crippen LogP contribution is 2.30. The van der Waals surface area contributed by atoms with Crippen molar-refractivity contribution in [1.29, 1.82) is 0 Å². The molecule has 0 radical (unpaired) electrons. The minimum atomic E-state index is -4.41. The van der Waals surface area contributed by atoms with E-state index < -0.39 is 30.4 Å². The number of amides is 1. The number of nitrogens with one attached hydrogen (secondary N) is 2. The average molecular weight is 290 g/mol. The molecule has 2 N–H and O–H groups in total. The van der Waals surface area contributed by atoms with Crippen molar-refractivity contribution in [2.24, 2.45) is 5.92 Å². The van der Waals surface area contributed by atoms with Gasteiger partial charge < -0.3 is 10.6 Å². The maximum Gasteiger partial charge on any atom is 0.391 e. The molecule has 7 heteroatoms. The summed E-state index contributed by atoms with van der Waals surface area (Å²) in [6.45, 7) is 0.933. The highest BCUT2D eigenvalue weighted by Gasteiger charge is 2.35. The van der Waals surface area contributed by atoms with Crippen molar-refractivity contribution < 1.29 is 22.4 Å². The van der Waals surface area contributed by atoms with Crippen LogP contribution in [0.5, 0.6) is 0 Å². The fourth-order valence-electron chi connectivity index (χ4n) is 1.94. The van der Waals surface area contributed by atoms with Gasteiger partial charge in [-0.2, -0.15) is 13.2 Å². The van der Waals surface area contributed by atoms with Gasteiger partial charge in [0.2, 0.25) is 5.91 Å². The predicted octanol–water partition coefficient (Wildman–Crippen LogP) is 2.15. The molecule has 0 saturated carbocycles. The van der Waals surface area contributed by atoms with Crippen LogP contribution in [0.4, 0.5) is 17.6 Å². The van der Waals surface area contributed by atoms with E-state index >= 15 is 0 Å². The molecule has 1 aliphatic heterocycles. The molecule has 110 valence electrons. The lowest BCUT2D eigenvalue weighted by Gasteiger charge is -2.29. The van der Waals surface area contributed by atoms with Gasteiger partial charge in [-0.25, -0.2) is 4.39 Å². The molecule has 1 saturated heterocycles. The first kappa shape index (κ1) is 14.8. The van der Waals surface area contributed by atoms with Crippen LogP contribution in [0.15, 0.2) is 24.3 Å². The molecule has 1 unspecified atom stereocenters. The molecule has 20 heavy (non-hydrogen) atoms. The number of hydrogen-bond donors (Lipinski definition) is 2. The van der Waals surface area contributed by atoms with Crippen molar-refractivity contribution in [2.75, 3.05) is 13.1 Å². The summed E-state index contributed by atoms with van der Waals surface area (Å²) < 4.78 is 50.6. The highest BCUT2D eigenvalue weighted by atomic mass is 19.4. The topological polar surface area (TPSA) is 41.1 Å². The van der Waals surface area contributed by atoms with E-state index in [0.717, 1.165) is 12.1 Å².